The Bertz CT molecular complexity index is 731. The number of nitrogens with two attached hydrogens (primary N) is 1. The number of fused-ring (bicyclic) bond motifs is 1. The Morgan fingerprint density at radius 2 is 1.81 bits per heavy atom. The first-order chi connectivity index (χ1) is 12.1. The fourth-order valence-electron chi connectivity index (χ4n) is 3.19. The van der Waals surface area contributed by atoms with Gasteiger partial charge in [0.1, 0.15) is 5.75 Å². The number of amides is 1. The predicted molar refractivity (Wildman–Crippen MR) is 107 cm³/mol. The molecule has 2 atom stereocenters. The van der Waals surface area contributed by atoms with E-state index < -0.39 is 0 Å². The molecule has 0 bridgehead atoms. The Balaban J connectivity index is 0.00000243. The molecule has 2 aromatic rings. The summed E-state index contributed by atoms with van der Waals surface area (Å²) in [5, 5.41) is 3.01. The van der Waals surface area contributed by atoms with E-state index in [1.54, 1.807) is 0 Å². The zero-order valence-corrected chi connectivity index (χ0v) is 16.1. The maximum absolute atomic E-state index is 12.6. The highest BCUT2D eigenvalue weighted by atomic mass is 35.5. The summed E-state index contributed by atoms with van der Waals surface area (Å²) in [6.45, 7) is 5.33. The van der Waals surface area contributed by atoms with Crippen molar-refractivity contribution in [3.63, 3.8) is 0 Å². The molecule has 5 heteroatoms. The van der Waals surface area contributed by atoms with E-state index >= 15 is 0 Å². The van der Waals surface area contributed by atoms with Crippen LogP contribution in [0, 0.1) is 0 Å². The van der Waals surface area contributed by atoms with Gasteiger partial charge in [-0.1, -0.05) is 56.3 Å². The Morgan fingerprint density at radius 1 is 1.15 bits per heavy atom. The molecule has 1 amide bonds. The third-order valence-electron chi connectivity index (χ3n) is 4.80. The minimum Gasteiger partial charge on any atom is -0.493 e. The van der Waals surface area contributed by atoms with Gasteiger partial charge in [0, 0.05) is 18.2 Å². The standard InChI is InChI=1S/C21H26N2O2.ClH/c1-14(2)15-7-9-16(10-8-15)19(22)13-23-21(24)18-11-12-25-20-6-4-3-5-17(18)20;/h3-10,14,18-19H,11-13,22H2,1-2H3,(H,23,24);1H. The van der Waals surface area contributed by atoms with Gasteiger partial charge in [-0.25, -0.2) is 0 Å². The summed E-state index contributed by atoms with van der Waals surface area (Å²) in [6, 6.07) is 15.9. The molecular formula is C21H27ClN2O2. The summed E-state index contributed by atoms with van der Waals surface area (Å²) in [5.74, 6) is 1.16. The molecule has 0 aliphatic carbocycles. The first-order valence-corrected chi connectivity index (χ1v) is 8.91. The molecule has 2 aromatic carbocycles. The van der Waals surface area contributed by atoms with E-state index in [0.29, 0.717) is 25.5 Å². The van der Waals surface area contributed by atoms with Crippen molar-refractivity contribution in [2.75, 3.05) is 13.2 Å². The maximum atomic E-state index is 12.6. The minimum absolute atomic E-state index is 0. The van der Waals surface area contributed by atoms with Crippen LogP contribution in [0.1, 0.15) is 54.8 Å². The van der Waals surface area contributed by atoms with E-state index in [4.69, 9.17) is 10.5 Å². The zero-order chi connectivity index (χ0) is 17.8. The van der Waals surface area contributed by atoms with Crippen molar-refractivity contribution in [2.45, 2.75) is 38.1 Å². The van der Waals surface area contributed by atoms with E-state index in [9.17, 15) is 4.79 Å². The topological polar surface area (TPSA) is 64.3 Å². The molecule has 1 aliphatic rings. The quantitative estimate of drug-likeness (QED) is 0.833. The third-order valence-corrected chi connectivity index (χ3v) is 4.80. The molecular weight excluding hydrogens is 348 g/mol. The Labute approximate surface area is 161 Å². The molecule has 0 radical (unpaired) electrons. The zero-order valence-electron chi connectivity index (χ0n) is 15.3. The first kappa shape index (κ1) is 20.3. The van der Waals surface area contributed by atoms with Crippen molar-refractivity contribution < 1.29 is 9.53 Å². The van der Waals surface area contributed by atoms with Gasteiger partial charge in [-0.05, 0) is 29.5 Å². The van der Waals surface area contributed by atoms with Crippen molar-refractivity contribution in [1.82, 2.24) is 5.32 Å². The van der Waals surface area contributed by atoms with Crippen LogP contribution in [0.15, 0.2) is 48.5 Å². The Kier molecular flexibility index (Phi) is 7.06. The fraction of sp³-hybridized carbons (Fsp3) is 0.381. The average Bonchev–Trinajstić information content (AvgIpc) is 2.65. The third kappa shape index (κ3) is 4.57. The second kappa shape index (κ2) is 9.06. The molecule has 26 heavy (non-hydrogen) atoms. The maximum Gasteiger partial charge on any atom is 0.227 e. The lowest BCUT2D eigenvalue weighted by Gasteiger charge is -2.25. The van der Waals surface area contributed by atoms with Crippen molar-refractivity contribution in [3.05, 3.63) is 65.2 Å². The molecule has 140 valence electrons. The molecule has 4 nitrogen and oxygen atoms in total. The molecule has 3 N–H and O–H groups in total. The number of hydrogen-bond acceptors (Lipinski definition) is 3. The summed E-state index contributed by atoms with van der Waals surface area (Å²) in [5.41, 5.74) is 9.54. The second-order valence-corrected chi connectivity index (χ2v) is 6.90. The van der Waals surface area contributed by atoms with Crippen LogP contribution in [0.25, 0.3) is 0 Å². The largest absolute Gasteiger partial charge is 0.493 e. The van der Waals surface area contributed by atoms with E-state index in [2.05, 4.69) is 43.4 Å². The van der Waals surface area contributed by atoms with Gasteiger partial charge in [0.2, 0.25) is 5.91 Å². The van der Waals surface area contributed by atoms with Gasteiger partial charge in [-0.2, -0.15) is 0 Å². The summed E-state index contributed by atoms with van der Waals surface area (Å²) in [7, 11) is 0. The highest BCUT2D eigenvalue weighted by molar-refractivity contribution is 5.85. The number of benzene rings is 2. The highest BCUT2D eigenvalue weighted by Crippen LogP contribution is 2.33. The number of rotatable bonds is 5. The van der Waals surface area contributed by atoms with Crippen LogP contribution in [0.2, 0.25) is 0 Å². The van der Waals surface area contributed by atoms with Gasteiger partial charge in [-0.15, -0.1) is 12.4 Å². The molecule has 0 saturated heterocycles. The second-order valence-electron chi connectivity index (χ2n) is 6.90. The van der Waals surface area contributed by atoms with Crippen LogP contribution in [-0.4, -0.2) is 19.1 Å². The van der Waals surface area contributed by atoms with Gasteiger partial charge in [0.25, 0.3) is 0 Å². The highest BCUT2D eigenvalue weighted by Gasteiger charge is 2.27. The van der Waals surface area contributed by atoms with Crippen molar-refractivity contribution in [1.29, 1.82) is 0 Å². The van der Waals surface area contributed by atoms with Gasteiger partial charge < -0.3 is 15.8 Å². The van der Waals surface area contributed by atoms with E-state index in [1.165, 1.54) is 5.56 Å². The lowest BCUT2D eigenvalue weighted by Crippen LogP contribution is -2.36. The van der Waals surface area contributed by atoms with Crippen LogP contribution < -0.4 is 15.8 Å². The van der Waals surface area contributed by atoms with Crippen LogP contribution in [-0.2, 0) is 4.79 Å². The van der Waals surface area contributed by atoms with Gasteiger partial charge >= 0.3 is 0 Å². The van der Waals surface area contributed by atoms with Crippen molar-refractivity contribution >= 4 is 18.3 Å². The Morgan fingerprint density at radius 3 is 2.50 bits per heavy atom. The predicted octanol–water partition coefficient (Wildman–Crippen LogP) is 3.91. The lowest BCUT2D eigenvalue weighted by atomic mass is 9.92. The molecule has 1 heterocycles. The van der Waals surface area contributed by atoms with Crippen LogP contribution in [0.3, 0.4) is 0 Å². The summed E-state index contributed by atoms with van der Waals surface area (Å²) >= 11 is 0. The number of hydrogen-bond donors (Lipinski definition) is 2. The van der Waals surface area contributed by atoms with Crippen molar-refractivity contribution in [2.24, 2.45) is 5.73 Å². The van der Waals surface area contributed by atoms with Crippen LogP contribution >= 0.6 is 12.4 Å². The number of para-hydroxylation sites is 1. The molecule has 2 unspecified atom stereocenters. The summed E-state index contributed by atoms with van der Waals surface area (Å²) in [4.78, 5) is 12.6. The summed E-state index contributed by atoms with van der Waals surface area (Å²) in [6.07, 6.45) is 0.696. The fourth-order valence-corrected chi connectivity index (χ4v) is 3.19. The number of ether oxygens (including phenoxy) is 1. The SMILES string of the molecule is CC(C)c1ccc(C(N)CNC(=O)C2CCOc3ccccc32)cc1.Cl. The van der Waals surface area contributed by atoms with Gasteiger partial charge in [0.05, 0.1) is 12.5 Å². The first-order valence-electron chi connectivity index (χ1n) is 8.91. The Hall–Kier alpha value is -2.04. The molecule has 0 fully saturated rings. The normalized spacial score (nSPS) is 16.8. The minimum atomic E-state index is -0.208. The smallest absolute Gasteiger partial charge is 0.227 e. The molecule has 1 aliphatic heterocycles. The lowest BCUT2D eigenvalue weighted by molar-refractivity contribution is -0.123. The monoisotopic (exact) mass is 374 g/mol. The molecule has 3 rings (SSSR count). The molecule has 0 saturated carbocycles. The molecule has 0 aromatic heterocycles. The average molecular weight is 375 g/mol. The number of nitrogens with one attached hydrogen (secondary N) is 1. The number of carbonyl (C=O) groups is 1. The van der Waals surface area contributed by atoms with Crippen molar-refractivity contribution in [3.8, 4) is 5.75 Å². The van der Waals surface area contributed by atoms with Crippen LogP contribution in [0.4, 0.5) is 0 Å². The summed E-state index contributed by atoms with van der Waals surface area (Å²) < 4.78 is 5.62. The van der Waals surface area contributed by atoms with Gasteiger partial charge in [0.15, 0.2) is 0 Å². The number of halogens is 1. The van der Waals surface area contributed by atoms with Crippen LogP contribution in [0.5, 0.6) is 5.75 Å². The van der Waals surface area contributed by atoms with E-state index in [-0.39, 0.29) is 30.3 Å². The molecule has 0 spiro atoms. The van der Waals surface area contributed by atoms with Gasteiger partial charge in [-0.3, -0.25) is 4.79 Å². The van der Waals surface area contributed by atoms with E-state index in [0.717, 1.165) is 16.9 Å². The number of carbonyl (C=O) groups excluding carboxylic acids is 1. The van der Waals surface area contributed by atoms with E-state index in [1.807, 2.05) is 24.3 Å².